The minimum Gasteiger partial charge on any atom is -0.300 e. The fourth-order valence-corrected chi connectivity index (χ4v) is 2.37. The topological polar surface area (TPSA) is 17.1 Å². The molecule has 0 radical (unpaired) electrons. The van der Waals surface area contributed by atoms with Gasteiger partial charge in [-0.1, -0.05) is 19.3 Å². The molecule has 2 aliphatic carbocycles. The van der Waals surface area contributed by atoms with Gasteiger partial charge < -0.3 is 0 Å². The lowest BCUT2D eigenvalue weighted by Crippen LogP contribution is -2.27. The lowest BCUT2D eigenvalue weighted by atomic mass is 9.70. The molecule has 0 aromatic heterocycles. The van der Waals surface area contributed by atoms with Crippen LogP contribution in [0.4, 0.5) is 0 Å². The maximum Gasteiger partial charge on any atom is 0.133 e. The van der Waals surface area contributed by atoms with Crippen molar-refractivity contribution in [2.24, 2.45) is 11.8 Å². The summed E-state index contributed by atoms with van der Waals surface area (Å²) < 4.78 is 0. The van der Waals surface area contributed by atoms with Gasteiger partial charge in [0.25, 0.3) is 0 Å². The predicted molar refractivity (Wildman–Crippen MR) is 44.3 cm³/mol. The summed E-state index contributed by atoms with van der Waals surface area (Å²) in [5, 5.41) is 0. The van der Waals surface area contributed by atoms with Gasteiger partial charge in [-0.25, -0.2) is 0 Å². The molecular formula is C10H16O. The van der Waals surface area contributed by atoms with Crippen LogP contribution in [0.3, 0.4) is 0 Å². The summed E-state index contributed by atoms with van der Waals surface area (Å²) in [6.07, 6.45) is 8.48. The highest BCUT2D eigenvalue weighted by Crippen LogP contribution is 2.39. The third-order valence-corrected chi connectivity index (χ3v) is 3.34. The van der Waals surface area contributed by atoms with E-state index in [1.165, 1.54) is 32.1 Å². The van der Waals surface area contributed by atoms with E-state index in [1.807, 2.05) is 0 Å². The molecule has 0 bridgehead atoms. The van der Waals surface area contributed by atoms with Crippen molar-refractivity contribution >= 4 is 5.78 Å². The molecule has 1 atom stereocenters. The molecule has 0 spiro atoms. The normalized spacial score (nSPS) is 33.5. The molecule has 2 rings (SSSR count). The van der Waals surface area contributed by atoms with Crippen molar-refractivity contribution < 1.29 is 4.79 Å². The summed E-state index contributed by atoms with van der Waals surface area (Å²) in [7, 11) is 0. The number of carbonyl (C=O) groups excluding carboxylic acids is 1. The van der Waals surface area contributed by atoms with Crippen LogP contribution in [-0.4, -0.2) is 5.78 Å². The molecule has 0 saturated heterocycles. The van der Waals surface area contributed by atoms with Gasteiger partial charge in [0.05, 0.1) is 0 Å². The first kappa shape index (κ1) is 7.33. The van der Waals surface area contributed by atoms with Gasteiger partial charge in [-0.2, -0.15) is 0 Å². The predicted octanol–water partition coefficient (Wildman–Crippen LogP) is 2.55. The monoisotopic (exact) mass is 152 g/mol. The molecule has 2 aliphatic rings. The van der Waals surface area contributed by atoms with E-state index in [9.17, 15) is 4.79 Å². The number of Topliss-reactive ketones (excluding diaryl/α,β-unsaturated/α-hetero) is 1. The number of ketones is 1. The number of rotatable bonds is 1. The SMILES string of the molecule is O=C1CCCC(C2CCC2)C1. The first-order chi connectivity index (χ1) is 5.36. The van der Waals surface area contributed by atoms with Crippen molar-refractivity contribution in [1.29, 1.82) is 0 Å². The van der Waals surface area contributed by atoms with Gasteiger partial charge in [0.2, 0.25) is 0 Å². The summed E-state index contributed by atoms with van der Waals surface area (Å²) in [5.41, 5.74) is 0. The van der Waals surface area contributed by atoms with Crippen molar-refractivity contribution in [3.8, 4) is 0 Å². The average molecular weight is 152 g/mol. The van der Waals surface area contributed by atoms with Crippen molar-refractivity contribution in [3.05, 3.63) is 0 Å². The van der Waals surface area contributed by atoms with Gasteiger partial charge in [-0.15, -0.1) is 0 Å². The van der Waals surface area contributed by atoms with Crippen LogP contribution in [0.5, 0.6) is 0 Å². The van der Waals surface area contributed by atoms with E-state index in [-0.39, 0.29) is 0 Å². The lowest BCUT2D eigenvalue weighted by Gasteiger charge is -2.35. The van der Waals surface area contributed by atoms with Crippen molar-refractivity contribution in [2.45, 2.75) is 44.9 Å². The second-order valence-corrected chi connectivity index (χ2v) is 4.09. The molecule has 0 amide bonds. The molecular weight excluding hydrogens is 136 g/mol. The van der Waals surface area contributed by atoms with Crippen LogP contribution in [0.1, 0.15) is 44.9 Å². The van der Waals surface area contributed by atoms with Crippen LogP contribution in [0.25, 0.3) is 0 Å². The maximum atomic E-state index is 11.1. The third-order valence-electron chi connectivity index (χ3n) is 3.34. The Morgan fingerprint density at radius 1 is 1.00 bits per heavy atom. The van der Waals surface area contributed by atoms with Gasteiger partial charge in [0, 0.05) is 12.8 Å². The molecule has 11 heavy (non-hydrogen) atoms. The first-order valence-electron chi connectivity index (χ1n) is 4.88. The third kappa shape index (κ3) is 1.47. The molecule has 1 nitrogen and oxygen atoms in total. The lowest BCUT2D eigenvalue weighted by molar-refractivity contribution is -0.122. The molecule has 0 aromatic rings. The number of hydrogen-bond acceptors (Lipinski definition) is 1. The van der Waals surface area contributed by atoms with Crippen molar-refractivity contribution in [3.63, 3.8) is 0 Å². The smallest absolute Gasteiger partial charge is 0.133 e. The quantitative estimate of drug-likeness (QED) is 0.564. The van der Waals surface area contributed by atoms with Crippen LogP contribution in [0.2, 0.25) is 0 Å². The molecule has 1 unspecified atom stereocenters. The Hall–Kier alpha value is -0.330. The largest absolute Gasteiger partial charge is 0.300 e. The second-order valence-electron chi connectivity index (χ2n) is 4.09. The van der Waals surface area contributed by atoms with Crippen LogP contribution >= 0.6 is 0 Å². The van der Waals surface area contributed by atoms with Gasteiger partial charge in [0.15, 0.2) is 0 Å². The van der Waals surface area contributed by atoms with Crippen LogP contribution < -0.4 is 0 Å². The Bertz CT molecular complexity index is 158. The summed E-state index contributed by atoms with van der Waals surface area (Å²) in [4.78, 5) is 11.1. The van der Waals surface area contributed by atoms with Crippen LogP contribution in [-0.2, 0) is 4.79 Å². The van der Waals surface area contributed by atoms with Crippen LogP contribution in [0, 0.1) is 11.8 Å². The van der Waals surface area contributed by atoms with Crippen molar-refractivity contribution in [2.75, 3.05) is 0 Å². The molecule has 0 aliphatic heterocycles. The zero-order valence-corrected chi connectivity index (χ0v) is 7.01. The first-order valence-corrected chi connectivity index (χ1v) is 4.88. The summed E-state index contributed by atoms with van der Waals surface area (Å²) in [6.45, 7) is 0. The second kappa shape index (κ2) is 2.96. The van der Waals surface area contributed by atoms with Crippen molar-refractivity contribution in [1.82, 2.24) is 0 Å². The fourth-order valence-electron chi connectivity index (χ4n) is 2.37. The average Bonchev–Trinajstić information content (AvgIpc) is 1.83. The number of hydrogen-bond donors (Lipinski definition) is 0. The van der Waals surface area contributed by atoms with E-state index >= 15 is 0 Å². The van der Waals surface area contributed by atoms with Crippen LogP contribution in [0.15, 0.2) is 0 Å². The Morgan fingerprint density at radius 3 is 2.27 bits per heavy atom. The Morgan fingerprint density at radius 2 is 1.73 bits per heavy atom. The zero-order valence-electron chi connectivity index (χ0n) is 7.01. The fraction of sp³-hybridized carbons (Fsp3) is 0.900. The van der Waals surface area contributed by atoms with Gasteiger partial charge >= 0.3 is 0 Å². The van der Waals surface area contributed by atoms with E-state index < -0.39 is 0 Å². The maximum absolute atomic E-state index is 11.1. The standard InChI is InChI=1S/C10H16O/c11-10-6-2-5-9(7-10)8-3-1-4-8/h8-9H,1-7H2. The highest BCUT2D eigenvalue weighted by molar-refractivity contribution is 5.79. The Labute approximate surface area is 68.2 Å². The van der Waals surface area contributed by atoms with E-state index in [0.717, 1.165) is 24.7 Å². The number of carbonyl (C=O) groups is 1. The van der Waals surface area contributed by atoms with E-state index in [4.69, 9.17) is 0 Å². The summed E-state index contributed by atoms with van der Waals surface area (Å²) >= 11 is 0. The van der Waals surface area contributed by atoms with Gasteiger partial charge in [-0.3, -0.25) is 4.79 Å². The Kier molecular flexibility index (Phi) is 1.97. The minimum absolute atomic E-state index is 0.521. The summed E-state index contributed by atoms with van der Waals surface area (Å²) in [5.74, 6) is 2.23. The highest BCUT2D eigenvalue weighted by Gasteiger charge is 2.30. The molecule has 0 N–H and O–H groups in total. The molecule has 1 heteroatoms. The molecule has 2 saturated carbocycles. The minimum atomic E-state index is 0.521. The zero-order chi connectivity index (χ0) is 7.68. The molecule has 0 aromatic carbocycles. The van der Waals surface area contributed by atoms with E-state index in [0.29, 0.717) is 5.78 Å². The van der Waals surface area contributed by atoms with Gasteiger partial charge in [0.1, 0.15) is 5.78 Å². The van der Waals surface area contributed by atoms with E-state index in [1.54, 1.807) is 0 Å². The van der Waals surface area contributed by atoms with E-state index in [2.05, 4.69) is 0 Å². The molecule has 62 valence electrons. The summed E-state index contributed by atoms with van der Waals surface area (Å²) in [6, 6.07) is 0. The molecule has 0 heterocycles. The highest BCUT2D eigenvalue weighted by atomic mass is 16.1. The molecule has 2 fully saturated rings. The van der Waals surface area contributed by atoms with Gasteiger partial charge in [-0.05, 0) is 24.7 Å². The Balaban J connectivity index is 1.87.